The molecule has 0 amide bonds. The molecule has 0 atom stereocenters. The first-order valence-electron chi connectivity index (χ1n) is 8.19. The van der Waals surface area contributed by atoms with Crippen molar-refractivity contribution >= 4 is 21.4 Å². The summed E-state index contributed by atoms with van der Waals surface area (Å²) in [6.45, 7) is 2.86. The van der Waals surface area contributed by atoms with Crippen molar-refractivity contribution < 1.29 is 17.7 Å². The molecule has 1 aromatic carbocycles. The summed E-state index contributed by atoms with van der Waals surface area (Å²) in [5.74, 6) is 1.29. The molecule has 0 N–H and O–H groups in total. The Morgan fingerprint density at radius 2 is 2.08 bits per heavy atom. The van der Waals surface area contributed by atoms with Gasteiger partial charge in [0.05, 0.1) is 17.4 Å². The maximum Gasteiger partial charge on any atom is 0.246 e. The Hall–Kier alpha value is -2.23. The summed E-state index contributed by atoms with van der Waals surface area (Å²) in [6, 6.07) is 10.5. The number of ether oxygens (including phenoxy) is 1. The van der Waals surface area contributed by atoms with Crippen molar-refractivity contribution in [3.05, 3.63) is 47.7 Å². The summed E-state index contributed by atoms with van der Waals surface area (Å²) in [5, 5.41) is 5.93. The lowest BCUT2D eigenvalue weighted by Gasteiger charge is -2.36. The predicted octanol–water partition coefficient (Wildman–Crippen LogP) is 2.98. The van der Waals surface area contributed by atoms with Gasteiger partial charge in [-0.25, -0.2) is 8.42 Å². The normalized spacial score (nSPS) is 15.7. The van der Waals surface area contributed by atoms with Gasteiger partial charge in [-0.2, -0.15) is 9.29 Å². The van der Waals surface area contributed by atoms with E-state index in [0.29, 0.717) is 37.2 Å². The van der Waals surface area contributed by atoms with Crippen molar-refractivity contribution in [3.8, 4) is 16.5 Å². The molecule has 26 heavy (non-hydrogen) atoms. The van der Waals surface area contributed by atoms with Crippen LogP contribution in [0.25, 0.3) is 10.7 Å². The van der Waals surface area contributed by atoms with Gasteiger partial charge in [-0.1, -0.05) is 23.4 Å². The van der Waals surface area contributed by atoms with E-state index in [1.54, 1.807) is 24.3 Å². The van der Waals surface area contributed by atoms with E-state index in [0.717, 1.165) is 4.88 Å². The number of aromatic nitrogens is 2. The van der Waals surface area contributed by atoms with Gasteiger partial charge in [-0.3, -0.25) is 0 Å². The summed E-state index contributed by atoms with van der Waals surface area (Å²) in [4.78, 5) is 5.51. The Morgan fingerprint density at radius 1 is 1.27 bits per heavy atom. The predicted molar refractivity (Wildman–Crippen MR) is 96.7 cm³/mol. The fraction of sp³-hybridized carbons (Fsp3) is 0.294. The molecular weight excluding hydrogens is 374 g/mol. The highest BCUT2D eigenvalue weighted by Gasteiger charge is 2.41. The zero-order chi connectivity index (χ0) is 18.1. The minimum absolute atomic E-state index is 0.0924. The summed E-state index contributed by atoms with van der Waals surface area (Å²) in [5.41, 5.74) is 0. The maximum absolute atomic E-state index is 12.9. The van der Waals surface area contributed by atoms with Gasteiger partial charge in [0.15, 0.2) is 0 Å². The van der Waals surface area contributed by atoms with Crippen LogP contribution in [0.4, 0.5) is 0 Å². The zero-order valence-corrected chi connectivity index (χ0v) is 15.7. The topological polar surface area (TPSA) is 85.5 Å². The zero-order valence-electron chi connectivity index (χ0n) is 14.0. The van der Waals surface area contributed by atoms with Gasteiger partial charge in [0.1, 0.15) is 10.6 Å². The average Bonchev–Trinajstić information content (AvgIpc) is 3.25. The van der Waals surface area contributed by atoms with Crippen molar-refractivity contribution in [2.75, 3.05) is 19.7 Å². The molecule has 0 saturated carbocycles. The van der Waals surface area contributed by atoms with Crippen molar-refractivity contribution in [2.24, 2.45) is 0 Å². The molecule has 1 fully saturated rings. The van der Waals surface area contributed by atoms with E-state index < -0.39 is 10.0 Å². The number of sulfonamides is 1. The molecule has 1 aliphatic rings. The molecule has 7 nitrogen and oxygen atoms in total. The lowest BCUT2D eigenvalue weighted by atomic mass is 10.0. The second-order valence-electron chi connectivity index (χ2n) is 5.83. The number of hydrogen-bond acceptors (Lipinski definition) is 7. The molecule has 0 unspecified atom stereocenters. The number of hydrogen-bond donors (Lipinski definition) is 0. The lowest BCUT2D eigenvalue weighted by Crippen LogP contribution is -2.48. The Bertz CT molecular complexity index is 993. The monoisotopic (exact) mass is 391 g/mol. The molecule has 136 valence electrons. The van der Waals surface area contributed by atoms with Gasteiger partial charge in [0, 0.05) is 13.1 Å². The third-order valence-electron chi connectivity index (χ3n) is 4.15. The van der Waals surface area contributed by atoms with Crippen LogP contribution in [0.5, 0.6) is 5.75 Å². The van der Waals surface area contributed by atoms with Crippen LogP contribution in [0.15, 0.2) is 51.2 Å². The fourth-order valence-electron chi connectivity index (χ4n) is 2.77. The van der Waals surface area contributed by atoms with Gasteiger partial charge in [-0.05, 0) is 30.5 Å². The SMILES string of the molecule is CCOc1ccccc1S(=O)(=O)N1CC(c2nc(-c3cccs3)no2)C1. The van der Waals surface area contributed by atoms with Crippen molar-refractivity contribution in [2.45, 2.75) is 17.7 Å². The highest BCUT2D eigenvalue weighted by molar-refractivity contribution is 7.89. The Kier molecular flexibility index (Phi) is 4.51. The largest absolute Gasteiger partial charge is 0.492 e. The molecule has 9 heteroatoms. The third-order valence-corrected chi connectivity index (χ3v) is 6.88. The highest BCUT2D eigenvalue weighted by Crippen LogP contribution is 2.35. The molecule has 0 spiro atoms. The van der Waals surface area contributed by atoms with E-state index in [4.69, 9.17) is 9.26 Å². The summed E-state index contributed by atoms with van der Waals surface area (Å²) >= 11 is 1.53. The van der Waals surface area contributed by atoms with Gasteiger partial charge >= 0.3 is 0 Å². The van der Waals surface area contributed by atoms with Crippen LogP contribution >= 0.6 is 11.3 Å². The van der Waals surface area contributed by atoms with Gasteiger partial charge < -0.3 is 9.26 Å². The van der Waals surface area contributed by atoms with Crippen LogP contribution in [0, 0.1) is 0 Å². The molecule has 0 bridgehead atoms. The van der Waals surface area contributed by atoms with Crippen LogP contribution < -0.4 is 4.74 Å². The van der Waals surface area contributed by atoms with Crippen LogP contribution in [0.2, 0.25) is 0 Å². The smallest absolute Gasteiger partial charge is 0.246 e. The second kappa shape index (κ2) is 6.82. The van der Waals surface area contributed by atoms with E-state index in [-0.39, 0.29) is 10.8 Å². The minimum Gasteiger partial charge on any atom is -0.492 e. The van der Waals surface area contributed by atoms with Crippen molar-refractivity contribution in [1.29, 1.82) is 0 Å². The molecule has 3 aromatic rings. The summed E-state index contributed by atoms with van der Waals surface area (Å²) < 4.78 is 37.9. The number of nitrogens with zero attached hydrogens (tertiary/aromatic N) is 3. The van der Waals surface area contributed by atoms with Crippen LogP contribution in [-0.2, 0) is 10.0 Å². The molecule has 3 heterocycles. The van der Waals surface area contributed by atoms with E-state index in [9.17, 15) is 8.42 Å². The first-order chi connectivity index (χ1) is 12.6. The number of benzene rings is 1. The van der Waals surface area contributed by atoms with E-state index in [1.807, 2.05) is 24.4 Å². The second-order valence-corrected chi connectivity index (χ2v) is 8.69. The van der Waals surface area contributed by atoms with Gasteiger partial charge in [0.25, 0.3) is 0 Å². The molecule has 1 aliphatic heterocycles. The standard InChI is InChI=1S/C17H17N3O4S2/c1-2-23-13-6-3-4-8-15(13)26(21,22)20-10-12(11-20)17-18-16(19-24-17)14-7-5-9-25-14/h3-9,12H,2,10-11H2,1H3. The first-order valence-corrected chi connectivity index (χ1v) is 10.5. The van der Waals surface area contributed by atoms with Gasteiger partial charge in [0.2, 0.25) is 21.7 Å². The third kappa shape index (κ3) is 3.02. The molecule has 0 aliphatic carbocycles. The quantitative estimate of drug-likeness (QED) is 0.642. The molecular formula is C17H17N3O4S2. The average molecular weight is 391 g/mol. The Morgan fingerprint density at radius 3 is 2.81 bits per heavy atom. The van der Waals surface area contributed by atoms with Crippen molar-refractivity contribution in [3.63, 3.8) is 0 Å². The molecule has 2 aromatic heterocycles. The van der Waals surface area contributed by atoms with Crippen LogP contribution in [0.1, 0.15) is 18.7 Å². The van der Waals surface area contributed by atoms with Gasteiger partial charge in [-0.15, -0.1) is 11.3 Å². The molecule has 0 radical (unpaired) electrons. The Balaban J connectivity index is 1.49. The lowest BCUT2D eigenvalue weighted by molar-refractivity contribution is 0.216. The number of rotatable bonds is 6. The minimum atomic E-state index is -3.61. The van der Waals surface area contributed by atoms with E-state index >= 15 is 0 Å². The molecule has 1 saturated heterocycles. The first kappa shape index (κ1) is 17.2. The highest BCUT2D eigenvalue weighted by atomic mass is 32.2. The van der Waals surface area contributed by atoms with E-state index in [1.165, 1.54) is 15.6 Å². The van der Waals surface area contributed by atoms with Crippen molar-refractivity contribution in [1.82, 2.24) is 14.4 Å². The fourth-order valence-corrected chi connectivity index (χ4v) is 5.09. The summed E-state index contributed by atoms with van der Waals surface area (Å²) in [7, 11) is -3.61. The maximum atomic E-state index is 12.9. The molecule has 4 rings (SSSR count). The number of para-hydroxylation sites is 1. The van der Waals surface area contributed by atoms with E-state index in [2.05, 4.69) is 10.1 Å². The summed E-state index contributed by atoms with van der Waals surface area (Å²) in [6.07, 6.45) is 0. The number of thiophene rings is 1. The van der Waals surface area contributed by atoms with Crippen LogP contribution in [0.3, 0.4) is 0 Å². The van der Waals surface area contributed by atoms with Crippen LogP contribution in [-0.4, -0.2) is 42.6 Å². The Labute approximate surface area is 155 Å².